The van der Waals surface area contributed by atoms with Gasteiger partial charge in [0.05, 0.1) is 11.2 Å². The van der Waals surface area contributed by atoms with Crippen LogP contribution in [-0.4, -0.2) is 4.57 Å². The average Bonchev–Trinajstić information content (AvgIpc) is 3.51. The quantitative estimate of drug-likeness (QED) is 0.122. The maximum Gasteiger partial charge on any atom is 0.0537 e. The molecule has 0 radical (unpaired) electrons. The third-order valence-electron chi connectivity index (χ3n) is 10.9. The summed E-state index contributed by atoms with van der Waals surface area (Å²) in [7, 11) is 0. The molecule has 0 unspecified atom stereocenters. The number of fused-ring (bicyclic) bond motifs is 4. The molecule has 4 N–H and O–H groups in total. The van der Waals surface area contributed by atoms with Gasteiger partial charge in [-0.05, 0) is 133 Å². The van der Waals surface area contributed by atoms with E-state index in [0.29, 0.717) is 0 Å². The first-order valence-electron chi connectivity index (χ1n) is 18.8. The molecule has 0 saturated carbocycles. The van der Waals surface area contributed by atoms with E-state index < -0.39 is 0 Å². The number of aryl methyl sites for hydroxylation is 1. The lowest BCUT2D eigenvalue weighted by Crippen LogP contribution is -1.97. The number of rotatable bonds is 8. The van der Waals surface area contributed by atoms with E-state index in [0.717, 1.165) is 34.5 Å². The molecule has 0 bridgehead atoms. The first kappa shape index (κ1) is 33.7. The van der Waals surface area contributed by atoms with Gasteiger partial charge in [-0.15, -0.1) is 0 Å². The Morgan fingerprint density at radius 2 is 1.16 bits per heavy atom. The van der Waals surface area contributed by atoms with Crippen molar-refractivity contribution in [1.29, 1.82) is 0 Å². The van der Waals surface area contributed by atoms with E-state index in [1.807, 2.05) is 12.1 Å². The molecule has 3 heteroatoms. The zero-order valence-electron chi connectivity index (χ0n) is 30.8. The van der Waals surface area contributed by atoms with Crippen LogP contribution < -0.4 is 11.5 Å². The van der Waals surface area contributed by atoms with E-state index in [2.05, 4.69) is 181 Å². The van der Waals surface area contributed by atoms with Crippen LogP contribution in [0, 0.1) is 6.92 Å². The summed E-state index contributed by atoms with van der Waals surface area (Å²) in [6.45, 7) is 2.17. The highest BCUT2D eigenvalue weighted by Crippen LogP contribution is 2.44. The maximum atomic E-state index is 6.25. The second-order valence-corrected chi connectivity index (χ2v) is 14.1. The molecule has 1 heterocycles. The standard InChI is InChI=1S/C52H41N3/c1-35-48-32-36(22-29-50(48)55(49(35)30-31-53)43-16-3-2-4-17-43)12-11-15-42(34-54)38-23-26-39(27-24-38)51-44-18-7-9-20-46(44)52(47-21-10-8-19-45(47)51)41-28-25-37-13-5-6-14-40(37)33-41/h2-11,13-34H,12,53-54H2,1H3/b15-11-,31-30-,42-34+. The highest BCUT2D eigenvalue weighted by Gasteiger charge is 2.17. The van der Waals surface area contributed by atoms with Crippen LogP contribution in [-0.2, 0) is 6.42 Å². The number of nitrogens with zero attached hydrogens (tertiary/aromatic N) is 1. The second-order valence-electron chi connectivity index (χ2n) is 14.1. The van der Waals surface area contributed by atoms with Crippen molar-refractivity contribution in [2.75, 3.05) is 0 Å². The number of para-hydroxylation sites is 1. The van der Waals surface area contributed by atoms with E-state index in [1.165, 1.54) is 71.1 Å². The summed E-state index contributed by atoms with van der Waals surface area (Å²) in [4.78, 5) is 0. The third-order valence-corrected chi connectivity index (χ3v) is 10.9. The molecule has 55 heavy (non-hydrogen) atoms. The van der Waals surface area contributed by atoms with Gasteiger partial charge in [-0.1, -0.05) is 146 Å². The van der Waals surface area contributed by atoms with E-state index in [-0.39, 0.29) is 0 Å². The molecule has 0 aliphatic carbocycles. The van der Waals surface area contributed by atoms with Crippen LogP contribution in [0.15, 0.2) is 188 Å². The summed E-state index contributed by atoms with van der Waals surface area (Å²) >= 11 is 0. The molecule has 0 fully saturated rings. The van der Waals surface area contributed by atoms with Crippen molar-refractivity contribution in [3.8, 4) is 27.9 Å². The summed E-state index contributed by atoms with van der Waals surface area (Å²) in [5, 5.41) is 8.69. The number of nitrogens with two attached hydrogens (primary N) is 2. The Hall–Kier alpha value is -7.10. The minimum atomic E-state index is 0.783. The largest absolute Gasteiger partial charge is 0.405 e. The zero-order chi connectivity index (χ0) is 37.3. The van der Waals surface area contributed by atoms with Crippen molar-refractivity contribution in [2.24, 2.45) is 11.5 Å². The summed E-state index contributed by atoms with van der Waals surface area (Å²) in [5.41, 5.74) is 24.9. The van der Waals surface area contributed by atoms with Crippen molar-refractivity contribution in [2.45, 2.75) is 13.3 Å². The van der Waals surface area contributed by atoms with Gasteiger partial charge in [0, 0.05) is 17.3 Å². The molecule has 3 nitrogen and oxygen atoms in total. The number of aromatic nitrogens is 1. The Kier molecular flexibility index (Phi) is 8.81. The van der Waals surface area contributed by atoms with Crippen LogP contribution in [0.1, 0.15) is 22.4 Å². The van der Waals surface area contributed by atoms with Crippen molar-refractivity contribution in [3.05, 3.63) is 211 Å². The van der Waals surface area contributed by atoms with Gasteiger partial charge in [-0.25, -0.2) is 0 Å². The maximum absolute atomic E-state index is 6.25. The van der Waals surface area contributed by atoms with Crippen LogP contribution in [0.4, 0.5) is 0 Å². The Morgan fingerprint density at radius 3 is 1.82 bits per heavy atom. The molecule has 0 spiro atoms. The third kappa shape index (κ3) is 6.06. The van der Waals surface area contributed by atoms with Gasteiger partial charge in [-0.3, -0.25) is 0 Å². The molecule has 0 aliphatic heterocycles. The fourth-order valence-corrected chi connectivity index (χ4v) is 8.28. The lowest BCUT2D eigenvalue weighted by molar-refractivity contribution is 1.09. The Balaban J connectivity index is 1.03. The lowest BCUT2D eigenvalue weighted by Gasteiger charge is -2.18. The molecule has 1 aromatic heterocycles. The molecule has 9 rings (SSSR count). The van der Waals surface area contributed by atoms with E-state index in [4.69, 9.17) is 11.5 Å². The molecule has 9 aromatic rings. The monoisotopic (exact) mass is 707 g/mol. The smallest absolute Gasteiger partial charge is 0.0537 e. The molecule has 0 aliphatic rings. The molecule has 264 valence electrons. The SMILES string of the molecule is Cc1c(/C=C\N)n(-c2ccccc2)c2ccc(C/C=C\C(=C/N)c3ccc(-c4c5ccccc5c(-c5ccc6ccccc6c5)c5ccccc45)cc3)cc12. The Morgan fingerprint density at radius 1 is 0.564 bits per heavy atom. The van der Waals surface area contributed by atoms with Crippen LogP contribution in [0.25, 0.3) is 82.8 Å². The summed E-state index contributed by atoms with van der Waals surface area (Å²) in [6.07, 6.45) is 10.4. The first-order chi connectivity index (χ1) is 27.1. The number of benzene rings is 8. The number of allylic oxidation sites excluding steroid dienone is 3. The van der Waals surface area contributed by atoms with Gasteiger partial charge in [0.1, 0.15) is 0 Å². The highest BCUT2D eigenvalue weighted by molar-refractivity contribution is 6.21. The summed E-state index contributed by atoms with van der Waals surface area (Å²) in [6, 6.07) is 59.0. The van der Waals surface area contributed by atoms with Crippen LogP contribution >= 0.6 is 0 Å². The van der Waals surface area contributed by atoms with E-state index in [9.17, 15) is 0 Å². The molecular weight excluding hydrogens is 667 g/mol. The van der Waals surface area contributed by atoms with Crippen molar-refractivity contribution in [1.82, 2.24) is 4.57 Å². The summed E-state index contributed by atoms with van der Waals surface area (Å²) in [5.74, 6) is 0. The molecule has 0 atom stereocenters. The lowest BCUT2D eigenvalue weighted by atomic mass is 9.85. The van der Waals surface area contributed by atoms with Gasteiger partial charge in [0.2, 0.25) is 0 Å². The van der Waals surface area contributed by atoms with Gasteiger partial charge >= 0.3 is 0 Å². The predicted molar refractivity (Wildman–Crippen MR) is 236 cm³/mol. The minimum Gasteiger partial charge on any atom is -0.405 e. The first-order valence-corrected chi connectivity index (χ1v) is 18.8. The van der Waals surface area contributed by atoms with Gasteiger partial charge in [0.25, 0.3) is 0 Å². The normalized spacial score (nSPS) is 12.3. The van der Waals surface area contributed by atoms with Crippen molar-refractivity contribution < 1.29 is 0 Å². The van der Waals surface area contributed by atoms with Gasteiger partial charge in [-0.2, -0.15) is 0 Å². The van der Waals surface area contributed by atoms with Crippen LogP contribution in [0.3, 0.4) is 0 Å². The fourth-order valence-electron chi connectivity index (χ4n) is 8.28. The number of hydrogen-bond donors (Lipinski definition) is 2. The van der Waals surface area contributed by atoms with E-state index >= 15 is 0 Å². The van der Waals surface area contributed by atoms with Crippen LogP contribution in [0.5, 0.6) is 0 Å². The topological polar surface area (TPSA) is 57.0 Å². The molecule has 8 aromatic carbocycles. The average molecular weight is 708 g/mol. The minimum absolute atomic E-state index is 0.783. The van der Waals surface area contributed by atoms with Crippen LogP contribution in [0.2, 0.25) is 0 Å². The van der Waals surface area contributed by atoms with Gasteiger partial charge in [0.15, 0.2) is 0 Å². The van der Waals surface area contributed by atoms with Crippen molar-refractivity contribution >= 4 is 54.9 Å². The van der Waals surface area contributed by atoms with E-state index in [1.54, 1.807) is 12.4 Å². The van der Waals surface area contributed by atoms with Gasteiger partial charge < -0.3 is 16.0 Å². The summed E-state index contributed by atoms with van der Waals surface area (Å²) < 4.78 is 2.28. The molecular formula is C52H41N3. The van der Waals surface area contributed by atoms with Crippen molar-refractivity contribution in [3.63, 3.8) is 0 Å². The predicted octanol–water partition coefficient (Wildman–Crippen LogP) is 12.8. The second kappa shape index (κ2) is 14.4. The highest BCUT2D eigenvalue weighted by atomic mass is 15.0. The molecule has 0 saturated heterocycles. The number of hydrogen-bond acceptors (Lipinski definition) is 2. The molecule has 0 amide bonds. The Bertz CT molecular complexity index is 2900. The zero-order valence-corrected chi connectivity index (χ0v) is 30.8. The Labute approximate surface area is 321 Å². The fraction of sp³-hybridized carbons (Fsp3) is 0.0385.